The first-order valence-corrected chi connectivity index (χ1v) is 8.63. The Morgan fingerprint density at radius 3 is 2.50 bits per heavy atom. The lowest BCUT2D eigenvalue weighted by Gasteiger charge is -2.19. The molecule has 0 saturated heterocycles. The van der Waals surface area contributed by atoms with Crippen LogP contribution in [-0.4, -0.2) is 50.3 Å². The highest BCUT2D eigenvalue weighted by atomic mass is 16.5. The van der Waals surface area contributed by atoms with Crippen molar-refractivity contribution < 1.29 is 9.47 Å². The van der Waals surface area contributed by atoms with Crippen LogP contribution in [-0.2, 0) is 0 Å². The van der Waals surface area contributed by atoms with Gasteiger partial charge in [-0.3, -0.25) is 0 Å². The SMILES string of the molecule is CCN(CC)CCCNc1cc(OC)c2nc(C)ccc2c1OC. The summed E-state index contributed by atoms with van der Waals surface area (Å²) in [6, 6.07) is 6.01. The highest BCUT2D eigenvalue weighted by Gasteiger charge is 2.14. The van der Waals surface area contributed by atoms with E-state index in [0.717, 1.165) is 66.4 Å². The third kappa shape index (κ3) is 4.09. The summed E-state index contributed by atoms with van der Waals surface area (Å²) in [7, 11) is 3.37. The lowest BCUT2D eigenvalue weighted by molar-refractivity contribution is 0.303. The number of anilines is 1. The minimum atomic E-state index is 0.765. The van der Waals surface area contributed by atoms with Crippen LogP contribution in [0.5, 0.6) is 11.5 Å². The minimum Gasteiger partial charge on any atom is -0.494 e. The molecule has 0 radical (unpaired) electrons. The number of nitrogens with one attached hydrogen (secondary N) is 1. The van der Waals surface area contributed by atoms with Gasteiger partial charge in [-0.2, -0.15) is 0 Å². The van der Waals surface area contributed by atoms with Gasteiger partial charge >= 0.3 is 0 Å². The summed E-state index contributed by atoms with van der Waals surface area (Å²) in [4.78, 5) is 7.02. The number of rotatable bonds is 9. The first kappa shape index (κ1) is 18.3. The highest BCUT2D eigenvalue weighted by Crippen LogP contribution is 2.39. The summed E-state index contributed by atoms with van der Waals surface area (Å²) in [6.45, 7) is 10.5. The number of aromatic nitrogens is 1. The maximum Gasteiger partial charge on any atom is 0.151 e. The van der Waals surface area contributed by atoms with Gasteiger partial charge in [0.15, 0.2) is 5.75 Å². The Labute approximate surface area is 145 Å². The Bertz CT molecular complexity index is 669. The molecule has 0 amide bonds. The third-order valence-corrected chi connectivity index (χ3v) is 4.32. The summed E-state index contributed by atoms with van der Waals surface area (Å²) in [5, 5.41) is 4.46. The van der Waals surface area contributed by atoms with E-state index in [9.17, 15) is 0 Å². The topological polar surface area (TPSA) is 46.6 Å². The summed E-state index contributed by atoms with van der Waals surface area (Å²) < 4.78 is 11.2. The standard InChI is InChI=1S/C19H29N3O2/c1-6-22(7-2)12-8-11-20-16-13-17(23-4)18-15(19(16)24-5)10-9-14(3)21-18/h9-10,13,20H,6-8,11-12H2,1-5H3. The van der Waals surface area contributed by atoms with Crippen molar-refractivity contribution in [2.75, 3.05) is 45.7 Å². The predicted octanol–water partition coefficient (Wildman–Crippen LogP) is 3.70. The van der Waals surface area contributed by atoms with Crippen LogP contribution in [0.3, 0.4) is 0 Å². The molecule has 1 aromatic carbocycles. The molecule has 2 aromatic rings. The molecule has 1 aromatic heterocycles. The van der Waals surface area contributed by atoms with Crippen molar-refractivity contribution >= 4 is 16.6 Å². The van der Waals surface area contributed by atoms with Crippen LogP contribution in [0.4, 0.5) is 5.69 Å². The zero-order chi connectivity index (χ0) is 17.5. The number of nitrogens with zero attached hydrogens (tertiary/aromatic N) is 2. The van der Waals surface area contributed by atoms with E-state index in [-0.39, 0.29) is 0 Å². The van der Waals surface area contributed by atoms with E-state index in [1.807, 2.05) is 25.1 Å². The number of fused-ring (bicyclic) bond motifs is 1. The fraction of sp³-hybridized carbons (Fsp3) is 0.526. The number of hydrogen-bond acceptors (Lipinski definition) is 5. The summed E-state index contributed by atoms with van der Waals surface area (Å²) in [5.74, 6) is 1.59. The minimum absolute atomic E-state index is 0.765. The molecule has 0 aliphatic carbocycles. The second-order valence-electron chi connectivity index (χ2n) is 5.82. The van der Waals surface area contributed by atoms with Crippen molar-refractivity contribution in [2.45, 2.75) is 27.2 Å². The van der Waals surface area contributed by atoms with Crippen molar-refractivity contribution in [1.82, 2.24) is 9.88 Å². The Morgan fingerprint density at radius 2 is 1.88 bits per heavy atom. The van der Waals surface area contributed by atoms with Gasteiger partial charge in [-0.15, -0.1) is 0 Å². The van der Waals surface area contributed by atoms with Crippen LogP contribution >= 0.6 is 0 Å². The Kier molecular flexibility index (Phi) is 6.67. The third-order valence-electron chi connectivity index (χ3n) is 4.32. The van der Waals surface area contributed by atoms with Crippen molar-refractivity contribution in [1.29, 1.82) is 0 Å². The van der Waals surface area contributed by atoms with Gasteiger partial charge in [0.05, 0.1) is 19.9 Å². The number of hydrogen-bond donors (Lipinski definition) is 1. The van der Waals surface area contributed by atoms with Crippen LogP contribution in [0.25, 0.3) is 10.9 Å². The molecular formula is C19H29N3O2. The average Bonchev–Trinajstić information content (AvgIpc) is 2.61. The molecule has 2 rings (SSSR count). The van der Waals surface area contributed by atoms with Crippen molar-refractivity contribution in [3.63, 3.8) is 0 Å². The number of ether oxygens (including phenoxy) is 2. The van der Waals surface area contributed by atoms with Crippen molar-refractivity contribution in [3.05, 3.63) is 23.9 Å². The second-order valence-corrected chi connectivity index (χ2v) is 5.82. The first-order valence-electron chi connectivity index (χ1n) is 8.63. The molecule has 0 spiro atoms. The lowest BCUT2D eigenvalue weighted by Crippen LogP contribution is -2.25. The van der Waals surface area contributed by atoms with Gasteiger partial charge < -0.3 is 19.7 Å². The average molecular weight is 331 g/mol. The Hall–Kier alpha value is -2.01. The second kappa shape index (κ2) is 8.73. The molecule has 5 heteroatoms. The van der Waals surface area contributed by atoms with E-state index in [1.54, 1.807) is 14.2 Å². The van der Waals surface area contributed by atoms with E-state index < -0.39 is 0 Å². The van der Waals surface area contributed by atoms with E-state index in [4.69, 9.17) is 9.47 Å². The monoisotopic (exact) mass is 331 g/mol. The number of methoxy groups -OCH3 is 2. The molecule has 0 atom stereocenters. The van der Waals surface area contributed by atoms with Gasteiger partial charge in [0.1, 0.15) is 11.3 Å². The van der Waals surface area contributed by atoms with E-state index in [1.165, 1.54) is 0 Å². The van der Waals surface area contributed by atoms with Gasteiger partial charge in [0.2, 0.25) is 0 Å². The zero-order valence-electron chi connectivity index (χ0n) is 15.5. The molecule has 0 aliphatic heterocycles. The molecule has 0 saturated carbocycles. The highest BCUT2D eigenvalue weighted by molar-refractivity contribution is 5.95. The summed E-state index contributed by atoms with van der Waals surface area (Å²) in [5.41, 5.74) is 2.75. The van der Waals surface area contributed by atoms with Crippen LogP contribution in [0.15, 0.2) is 18.2 Å². The normalized spacial score (nSPS) is 11.1. The summed E-state index contributed by atoms with van der Waals surface area (Å²) in [6.07, 6.45) is 1.08. The Morgan fingerprint density at radius 1 is 1.12 bits per heavy atom. The van der Waals surface area contributed by atoms with E-state index in [2.05, 4.69) is 29.0 Å². The summed E-state index contributed by atoms with van der Waals surface area (Å²) >= 11 is 0. The molecule has 24 heavy (non-hydrogen) atoms. The van der Waals surface area contributed by atoms with Crippen LogP contribution in [0.2, 0.25) is 0 Å². The number of aryl methyl sites for hydroxylation is 1. The molecule has 1 N–H and O–H groups in total. The fourth-order valence-corrected chi connectivity index (χ4v) is 2.91. The molecule has 0 unspecified atom stereocenters. The molecule has 132 valence electrons. The first-order chi connectivity index (χ1) is 11.6. The molecule has 0 aliphatic rings. The quantitative estimate of drug-likeness (QED) is 0.710. The smallest absolute Gasteiger partial charge is 0.151 e. The largest absolute Gasteiger partial charge is 0.494 e. The van der Waals surface area contributed by atoms with Crippen LogP contribution < -0.4 is 14.8 Å². The van der Waals surface area contributed by atoms with Crippen molar-refractivity contribution in [3.8, 4) is 11.5 Å². The van der Waals surface area contributed by atoms with Gasteiger partial charge in [-0.05, 0) is 45.1 Å². The van der Waals surface area contributed by atoms with Crippen LogP contribution in [0.1, 0.15) is 26.0 Å². The zero-order valence-corrected chi connectivity index (χ0v) is 15.5. The maximum absolute atomic E-state index is 5.65. The van der Waals surface area contributed by atoms with Gasteiger partial charge in [-0.1, -0.05) is 13.8 Å². The van der Waals surface area contributed by atoms with Crippen molar-refractivity contribution in [2.24, 2.45) is 0 Å². The Balaban J connectivity index is 2.21. The van der Waals surface area contributed by atoms with Crippen LogP contribution in [0, 0.1) is 6.92 Å². The van der Waals surface area contributed by atoms with Gasteiger partial charge in [0, 0.05) is 23.7 Å². The number of pyridine rings is 1. The molecule has 5 nitrogen and oxygen atoms in total. The van der Waals surface area contributed by atoms with E-state index >= 15 is 0 Å². The van der Waals surface area contributed by atoms with Gasteiger partial charge in [-0.25, -0.2) is 4.98 Å². The van der Waals surface area contributed by atoms with E-state index in [0.29, 0.717) is 0 Å². The molecule has 0 fully saturated rings. The molecular weight excluding hydrogens is 302 g/mol. The fourth-order valence-electron chi connectivity index (χ4n) is 2.91. The predicted molar refractivity (Wildman–Crippen MR) is 100 cm³/mol. The molecule has 0 bridgehead atoms. The molecule has 1 heterocycles. The maximum atomic E-state index is 5.65. The lowest BCUT2D eigenvalue weighted by atomic mass is 10.1. The van der Waals surface area contributed by atoms with Gasteiger partial charge in [0.25, 0.3) is 0 Å². The number of benzene rings is 1.